The lowest BCUT2D eigenvalue weighted by atomic mass is 10.1. The summed E-state index contributed by atoms with van der Waals surface area (Å²) in [5, 5.41) is 3.32. The van der Waals surface area contributed by atoms with Crippen molar-refractivity contribution >= 4 is 49.3 Å². The molecular formula is C30H31N3O4S2. The average molecular weight is 562 g/mol. The Morgan fingerprint density at radius 1 is 1.08 bits per heavy atom. The number of hydrogen-bond donors (Lipinski definition) is 1. The lowest BCUT2D eigenvalue weighted by Gasteiger charge is -2.18. The number of methoxy groups -OCH3 is 1. The number of ether oxygens (including phenoxy) is 1. The summed E-state index contributed by atoms with van der Waals surface area (Å²) in [6, 6.07) is 20.4. The third kappa shape index (κ3) is 5.42. The fraction of sp³-hybridized carbons (Fsp3) is 0.267. The zero-order chi connectivity index (χ0) is 27.5. The summed E-state index contributed by atoms with van der Waals surface area (Å²) in [6.07, 6.45) is 1.46. The Morgan fingerprint density at radius 3 is 2.62 bits per heavy atom. The Bertz CT molecular complexity index is 1730. The minimum atomic E-state index is -1.74. The lowest BCUT2D eigenvalue weighted by molar-refractivity contribution is -0.120. The summed E-state index contributed by atoms with van der Waals surface area (Å²) in [5.41, 5.74) is 3.77. The van der Waals surface area contributed by atoms with Gasteiger partial charge in [0.15, 0.2) is 11.0 Å². The maximum absolute atomic E-state index is 14.0. The summed E-state index contributed by atoms with van der Waals surface area (Å²) in [4.78, 5) is 27.5. The second-order valence-electron chi connectivity index (χ2n) is 9.56. The van der Waals surface area contributed by atoms with Crippen LogP contribution in [0.4, 0.5) is 0 Å². The van der Waals surface area contributed by atoms with Gasteiger partial charge in [0.25, 0.3) is 0 Å². The molecule has 0 aliphatic rings. The molecule has 0 saturated heterocycles. The highest BCUT2D eigenvalue weighted by molar-refractivity contribution is 7.83. The number of hydrogen-bond acceptors (Lipinski definition) is 5. The van der Waals surface area contributed by atoms with E-state index in [9.17, 15) is 13.8 Å². The summed E-state index contributed by atoms with van der Waals surface area (Å²) >= 11 is 1.68. The second-order valence-corrected chi connectivity index (χ2v) is 11.7. The number of aromatic nitrogens is 2. The van der Waals surface area contributed by atoms with Crippen LogP contribution >= 0.6 is 11.3 Å². The molecule has 0 fully saturated rings. The Kier molecular flexibility index (Phi) is 7.99. The second kappa shape index (κ2) is 11.6. The minimum Gasteiger partial charge on any atom is -0.497 e. The van der Waals surface area contributed by atoms with Gasteiger partial charge in [-0.1, -0.05) is 43.7 Å². The molecule has 7 nitrogen and oxygen atoms in total. The van der Waals surface area contributed by atoms with Crippen LogP contribution in [-0.4, -0.2) is 26.4 Å². The van der Waals surface area contributed by atoms with E-state index in [1.54, 1.807) is 44.7 Å². The molecule has 1 amide bonds. The van der Waals surface area contributed by atoms with E-state index >= 15 is 0 Å². The number of amides is 1. The first kappa shape index (κ1) is 26.9. The molecule has 0 saturated carbocycles. The van der Waals surface area contributed by atoms with Gasteiger partial charge in [-0.3, -0.25) is 18.7 Å². The molecule has 39 heavy (non-hydrogen) atoms. The maximum Gasteiger partial charge on any atom is 0.329 e. The van der Waals surface area contributed by atoms with E-state index < -0.39 is 11.0 Å². The number of rotatable bonds is 10. The molecule has 3 aromatic carbocycles. The molecule has 2 heterocycles. The van der Waals surface area contributed by atoms with Gasteiger partial charge in [0.1, 0.15) is 5.75 Å². The number of carbonyl (C=O) groups excluding carboxylic acids is 1. The van der Waals surface area contributed by atoms with Crippen LogP contribution in [0.1, 0.15) is 43.4 Å². The van der Waals surface area contributed by atoms with Gasteiger partial charge in [0.2, 0.25) is 5.91 Å². The van der Waals surface area contributed by atoms with Crippen molar-refractivity contribution in [2.45, 2.75) is 50.6 Å². The maximum atomic E-state index is 14.0. The standard InChI is InChI=1S/C30H31N3O4S2/c1-4-9-22(16-28(34)31-39(36)24-12-8-11-23(17-24)37-3)33-26-14-6-5-13-25(26)32(30(33)35)18-21-19-38-27-15-7-10-20(2)29(21)27/h5-8,10-15,17,19,22H,4,9,16,18H2,1-3H3,(H,31,34). The van der Waals surface area contributed by atoms with Crippen LogP contribution in [0.25, 0.3) is 21.1 Å². The van der Waals surface area contributed by atoms with E-state index in [1.807, 2.05) is 31.2 Å². The van der Waals surface area contributed by atoms with Gasteiger partial charge in [-0.05, 0) is 66.2 Å². The molecule has 1 N–H and O–H groups in total. The SMILES string of the molecule is CCCC(CC(=O)NS(=O)c1cccc(OC)c1)n1c(=O)n(Cc2csc3cccc(C)c23)c2ccccc21. The Morgan fingerprint density at radius 2 is 1.85 bits per heavy atom. The van der Waals surface area contributed by atoms with Crippen LogP contribution < -0.4 is 15.1 Å². The fourth-order valence-electron chi connectivity index (χ4n) is 5.16. The van der Waals surface area contributed by atoms with E-state index in [1.165, 1.54) is 22.8 Å². The van der Waals surface area contributed by atoms with Crippen LogP contribution in [0, 0.1) is 6.92 Å². The molecule has 0 aliphatic carbocycles. The molecule has 0 spiro atoms. The highest BCUT2D eigenvalue weighted by Crippen LogP contribution is 2.30. The molecule has 9 heteroatoms. The van der Waals surface area contributed by atoms with Crippen LogP contribution in [0.15, 0.2) is 81.8 Å². The number of benzene rings is 3. The molecule has 0 bridgehead atoms. The van der Waals surface area contributed by atoms with Gasteiger partial charge in [-0.15, -0.1) is 11.3 Å². The van der Waals surface area contributed by atoms with Gasteiger partial charge in [0.05, 0.1) is 29.6 Å². The molecule has 5 aromatic rings. The molecular weight excluding hydrogens is 530 g/mol. The molecule has 0 aliphatic heterocycles. The van der Waals surface area contributed by atoms with Crippen LogP contribution in [0.3, 0.4) is 0 Å². The summed E-state index contributed by atoms with van der Waals surface area (Å²) in [7, 11) is -0.204. The Labute approximate surface area is 233 Å². The third-order valence-corrected chi connectivity index (χ3v) is 9.04. The summed E-state index contributed by atoms with van der Waals surface area (Å²) < 4.78 is 25.4. The summed E-state index contributed by atoms with van der Waals surface area (Å²) in [5.74, 6) is 0.185. The number of nitrogens with zero attached hydrogens (tertiary/aromatic N) is 2. The number of aryl methyl sites for hydroxylation is 1. The quantitative estimate of drug-likeness (QED) is 0.228. The monoisotopic (exact) mass is 561 g/mol. The van der Waals surface area contributed by atoms with Crippen molar-refractivity contribution in [1.29, 1.82) is 0 Å². The number of imidazole rings is 1. The zero-order valence-corrected chi connectivity index (χ0v) is 23.8. The minimum absolute atomic E-state index is 0.0396. The number of para-hydroxylation sites is 2. The van der Waals surface area contributed by atoms with Gasteiger partial charge < -0.3 is 4.74 Å². The van der Waals surface area contributed by atoms with Crippen molar-refractivity contribution in [3.05, 3.63) is 93.7 Å². The number of fused-ring (bicyclic) bond motifs is 2. The van der Waals surface area contributed by atoms with Crippen LogP contribution in [-0.2, 0) is 22.3 Å². The Hall–Kier alpha value is -3.69. The lowest BCUT2D eigenvalue weighted by Crippen LogP contribution is -2.33. The van der Waals surface area contributed by atoms with Gasteiger partial charge in [-0.25, -0.2) is 9.00 Å². The van der Waals surface area contributed by atoms with Gasteiger partial charge >= 0.3 is 5.69 Å². The van der Waals surface area contributed by atoms with E-state index in [0.717, 1.165) is 23.0 Å². The first-order chi connectivity index (χ1) is 18.9. The first-order valence-electron chi connectivity index (χ1n) is 12.9. The normalized spacial score (nSPS) is 13.0. The smallest absolute Gasteiger partial charge is 0.329 e. The largest absolute Gasteiger partial charge is 0.497 e. The molecule has 202 valence electrons. The van der Waals surface area contributed by atoms with Crippen molar-refractivity contribution in [3.8, 4) is 5.75 Å². The van der Waals surface area contributed by atoms with Crippen LogP contribution in [0.5, 0.6) is 5.75 Å². The summed E-state index contributed by atoms with van der Waals surface area (Å²) in [6.45, 7) is 4.57. The number of carbonyl (C=O) groups is 1. The van der Waals surface area contributed by atoms with Crippen LogP contribution in [0.2, 0.25) is 0 Å². The Balaban J connectivity index is 1.47. The van der Waals surface area contributed by atoms with Crippen molar-refractivity contribution in [1.82, 2.24) is 13.9 Å². The highest BCUT2D eigenvalue weighted by Gasteiger charge is 2.24. The topological polar surface area (TPSA) is 82.3 Å². The van der Waals surface area contributed by atoms with Gasteiger partial charge in [-0.2, -0.15) is 0 Å². The predicted octanol–water partition coefficient (Wildman–Crippen LogP) is 5.95. The zero-order valence-electron chi connectivity index (χ0n) is 22.2. The number of nitrogens with one attached hydrogen (secondary N) is 1. The third-order valence-electron chi connectivity index (χ3n) is 6.95. The molecule has 2 atom stereocenters. The van der Waals surface area contributed by atoms with Crippen molar-refractivity contribution in [2.24, 2.45) is 0 Å². The van der Waals surface area contributed by atoms with Crippen molar-refractivity contribution < 1.29 is 13.7 Å². The van der Waals surface area contributed by atoms with Gasteiger partial charge in [0, 0.05) is 22.5 Å². The van der Waals surface area contributed by atoms with E-state index in [0.29, 0.717) is 23.6 Å². The molecule has 2 unspecified atom stereocenters. The first-order valence-corrected chi connectivity index (χ1v) is 14.9. The highest BCUT2D eigenvalue weighted by atomic mass is 32.2. The van der Waals surface area contributed by atoms with E-state index in [2.05, 4.69) is 35.2 Å². The molecule has 2 aromatic heterocycles. The average Bonchev–Trinajstić information content (AvgIpc) is 3.48. The van der Waals surface area contributed by atoms with Crippen molar-refractivity contribution in [3.63, 3.8) is 0 Å². The van der Waals surface area contributed by atoms with E-state index in [-0.39, 0.29) is 24.1 Å². The van der Waals surface area contributed by atoms with E-state index in [4.69, 9.17) is 4.74 Å². The molecule has 0 radical (unpaired) electrons. The predicted molar refractivity (Wildman–Crippen MR) is 158 cm³/mol. The fourth-order valence-corrected chi connectivity index (χ4v) is 7.02. The molecule has 5 rings (SSSR count). The van der Waals surface area contributed by atoms with Crippen molar-refractivity contribution in [2.75, 3.05) is 7.11 Å². The number of thiophene rings is 1.